The molecule has 0 bridgehead atoms. The molecule has 1 saturated carbocycles. The molecule has 0 amide bonds. The average molecular weight is 421 g/mol. The Bertz CT molecular complexity index is 1200. The summed E-state index contributed by atoms with van der Waals surface area (Å²) >= 11 is 0. The van der Waals surface area contributed by atoms with Crippen molar-refractivity contribution >= 4 is 22.7 Å². The highest BCUT2D eigenvalue weighted by molar-refractivity contribution is 5.78. The fourth-order valence-electron chi connectivity index (χ4n) is 4.04. The fraction of sp³-hybridized carbons (Fsp3) is 0.364. The zero-order valence-corrected chi connectivity index (χ0v) is 17.6. The molecular weight excluding hydrogens is 398 g/mol. The average Bonchev–Trinajstić information content (AvgIpc) is 3.32. The number of hydrogen-bond donors (Lipinski definition) is 1. The molecule has 1 aliphatic rings. The van der Waals surface area contributed by atoms with Crippen LogP contribution in [0, 0.1) is 11.3 Å². The van der Waals surface area contributed by atoms with Gasteiger partial charge in [-0.3, -0.25) is 9.36 Å². The predicted octanol–water partition coefficient (Wildman–Crippen LogP) is 3.55. The number of fused-ring (bicyclic) bond motifs is 1. The van der Waals surface area contributed by atoms with Crippen molar-refractivity contribution in [2.45, 2.75) is 31.7 Å². The summed E-state index contributed by atoms with van der Waals surface area (Å²) in [4.78, 5) is 21.9. The molecule has 3 aromatic rings. The summed E-state index contributed by atoms with van der Waals surface area (Å²) in [6, 6.07) is 7.08. The molecule has 0 aliphatic heterocycles. The molecule has 0 unspecified atom stereocenters. The lowest BCUT2D eigenvalue weighted by Gasteiger charge is -2.17. The van der Waals surface area contributed by atoms with Crippen LogP contribution in [0.4, 0.5) is 11.6 Å². The first-order chi connectivity index (χ1) is 15.1. The number of methoxy groups -OCH3 is 3. The lowest BCUT2D eigenvalue weighted by molar-refractivity contribution is 0.324. The second kappa shape index (κ2) is 8.52. The quantitative estimate of drug-likeness (QED) is 0.643. The molecule has 4 rings (SSSR count). The van der Waals surface area contributed by atoms with Gasteiger partial charge in [0.25, 0.3) is 5.56 Å². The lowest BCUT2D eigenvalue weighted by atomic mass is 10.2. The highest BCUT2D eigenvalue weighted by atomic mass is 16.5. The van der Waals surface area contributed by atoms with E-state index in [0.717, 1.165) is 25.7 Å². The van der Waals surface area contributed by atoms with Crippen LogP contribution in [0.5, 0.6) is 17.2 Å². The van der Waals surface area contributed by atoms with E-state index in [-0.39, 0.29) is 17.2 Å². The number of benzene rings is 1. The van der Waals surface area contributed by atoms with Gasteiger partial charge in [0.15, 0.2) is 11.5 Å². The number of rotatable bonds is 6. The van der Waals surface area contributed by atoms with E-state index in [1.165, 1.54) is 7.11 Å². The largest absolute Gasteiger partial charge is 0.493 e. The van der Waals surface area contributed by atoms with Gasteiger partial charge in [-0.15, -0.1) is 0 Å². The van der Waals surface area contributed by atoms with Gasteiger partial charge in [0.1, 0.15) is 17.3 Å². The van der Waals surface area contributed by atoms with Crippen LogP contribution in [0.15, 0.2) is 29.2 Å². The number of nitrogens with one attached hydrogen (secondary N) is 1. The van der Waals surface area contributed by atoms with Crippen LogP contribution >= 0.6 is 0 Å². The first-order valence-corrected chi connectivity index (χ1v) is 9.99. The molecule has 9 nitrogen and oxygen atoms in total. The number of anilines is 2. The van der Waals surface area contributed by atoms with Crippen LogP contribution < -0.4 is 25.1 Å². The zero-order chi connectivity index (χ0) is 22.0. The maximum atomic E-state index is 12.9. The maximum absolute atomic E-state index is 12.9. The molecule has 2 aromatic heterocycles. The summed E-state index contributed by atoms with van der Waals surface area (Å²) < 4.78 is 17.8. The normalized spacial score (nSPS) is 13.7. The molecule has 0 saturated heterocycles. The van der Waals surface area contributed by atoms with E-state index in [0.29, 0.717) is 39.9 Å². The van der Waals surface area contributed by atoms with Crippen LogP contribution in [0.25, 0.3) is 11.0 Å². The number of nitrogens with zero attached hydrogens (tertiary/aromatic N) is 4. The van der Waals surface area contributed by atoms with E-state index >= 15 is 0 Å². The zero-order valence-electron chi connectivity index (χ0n) is 17.6. The Morgan fingerprint density at radius 3 is 2.35 bits per heavy atom. The van der Waals surface area contributed by atoms with Crippen molar-refractivity contribution < 1.29 is 14.2 Å². The van der Waals surface area contributed by atoms with Gasteiger partial charge in [-0.1, -0.05) is 12.8 Å². The summed E-state index contributed by atoms with van der Waals surface area (Å²) in [6.45, 7) is 0. The predicted molar refractivity (Wildman–Crippen MR) is 115 cm³/mol. The minimum Gasteiger partial charge on any atom is -0.493 e. The Labute approximate surface area is 179 Å². The Kier molecular flexibility index (Phi) is 5.62. The van der Waals surface area contributed by atoms with Crippen molar-refractivity contribution in [1.82, 2.24) is 14.5 Å². The molecule has 1 fully saturated rings. The summed E-state index contributed by atoms with van der Waals surface area (Å²) in [5.74, 6) is 1.78. The molecular formula is C22H23N5O4. The smallest absolute Gasteiger partial charge is 0.270 e. The monoisotopic (exact) mass is 421 g/mol. The van der Waals surface area contributed by atoms with Crippen molar-refractivity contribution in [3.8, 4) is 23.3 Å². The third-order valence-electron chi connectivity index (χ3n) is 5.50. The fourth-order valence-corrected chi connectivity index (χ4v) is 4.04. The summed E-state index contributed by atoms with van der Waals surface area (Å²) in [5.41, 5.74) is 0.950. The Balaban J connectivity index is 1.81. The highest BCUT2D eigenvalue weighted by Gasteiger charge is 2.23. The van der Waals surface area contributed by atoms with Crippen molar-refractivity contribution in [3.05, 3.63) is 40.3 Å². The van der Waals surface area contributed by atoms with E-state index in [9.17, 15) is 10.1 Å². The van der Waals surface area contributed by atoms with Crippen molar-refractivity contribution in [3.63, 3.8) is 0 Å². The van der Waals surface area contributed by atoms with Crippen LogP contribution in [-0.2, 0) is 0 Å². The van der Waals surface area contributed by atoms with E-state index in [1.807, 2.05) is 6.07 Å². The second-order valence-corrected chi connectivity index (χ2v) is 7.29. The van der Waals surface area contributed by atoms with Gasteiger partial charge in [0.2, 0.25) is 11.7 Å². The minimum absolute atomic E-state index is 0.0345. The first-order valence-electron chi connectivity index (χ1n) is 9.99. The van der Waals surface area contributed by atoms with Gasteiger partial charge in [-0.25, -0.2) is 4.98 Å². The number of hydrogen-bond acceptors (Lipinski definition) is 8. The molecule has 9 heteroatoms. The van der Waals surface area contributed by atoms with Crippen molar-refractivity contribution in [2.75, 3.05) is 26.6 Å². The van der Waals surface area contributed by atoms with Gasteiger partial charge in [-0.05, 0) is 18.9 Å². The number of ether oxygens (including phenoxy) is 3. The maximum Gasteiger partial charge on any atom is 0.270 e. The second-order valence-electron chi connectivity index (χ2n) is 7.29. The van der Waals surface area contributed by atoms with E-state index in [1.54, 1.807) is 43.2 Å². The van der Waals surface area contributed by atoms with Gasteiger partial charge in [0, 0.05) is 35.4 Å². The number of nitriles is 1. The molecule has 160 valence electrons. The van der Waals surface area contributed by atoms with Crippen LogP contribution in [0.2, 0.25) is 0 Å². The molecule has 31 heavy (non-hydrogen) atoms. The third kappa shape index (κ3) is 3.72. The van der Waals surface area contributed by atoms with Crippen LogP contribution in [0.3, 0.4) is 0 Å². The van der Waals surface area contributed by atoms with E-state index in [2.05, 4.69) is 15.3 Å². The first kappa shape index (κ1) is 20.5. The summed E-state index contributed by atoms with van der Waals surface area (Å²) in [5, 5.41) is 13.2. The van der Waals surface area contributed by atoms with E-state index < -0.39 is 0 Å². The topological polar surface area (TPSA) is 111 Å². The third-order valence-corrected chi connectivity index (χ3v) is 5.50. The summed E-state index contributed by atoms with van der Waals surface area (Å²) in [6.07, 6.45) is 5.51. The van der Waals surface area contributed by atoms with Crippen molar-refractivity contribution in [2.24, 2.45) is 0 Å². The number of aromatic nitrogens is 3. The van der Waals surface area contributed by atoms with E-state index in [4.69, 9.17) is 14.2 Å². The lowest BCUT2D eigenvalue weighted by Crippen LogP contribution is -2.26. The molecule has 1 aromatic carbocycles. The molecule has 2 heterocycles. The molecule has 0 spiro atoms. The van der Waals surface area contributed by atoms with Gasteiger partial charge < -0.3 is 19.5 Å². The Morgan fingerprint density at radius 1 is 1.10 bits per heavy atom. The molecule has 1 aliphatic carbocycles. The summed E-state index contributed by atoms with van der Waals surface area (Å²) in [7, 11) is 4.62. The molecule has 1 N–H and O–H groups in total. The minimum atomic E-state index is -0.306. The molecule has 0 atom stereocenters. The van der Waals surface area contributed by atoms with Gasteiger partial charge >= 0.3 is 0 Å². The number of pyridine rings is 1. The van der Waals surface area contributed by atoms with Crippen molar-refractivity contribution in [1.29, 1.82) is 5.26 Å². The molecule has 0 radical (unpaired) electrons. The Hall–Kier alpha value is -3.80. The highest BCUT2D eigenvalue weighted by Crippen LogP contribution is 2.40. The van der Waals surface area contributed by atoms with Crippen LogP contribution in [-0.4, -0.2) is 35.9 Å². The van der Waals surface area contributed by atoms with Gasteiger partial charge in [0.05, 0.1) is 21.3 Å². The van der Waals surface area contributed by atoms with Crippen LogP contribution in [0.1, 0.15) is 37.3 Å². The Morgan fingerprint density at radius 2 is 1.77 bits per heavy atom. The standard InChI is InChI=1S/C22H23N5O4/c1-29-17-9-15(10-18(30-2)19(17)31-3)25-22-24-12-14-8-13(11-23)21(28)27(20(14)26-22)16-6-4-5-7-16/h8-10,12,16H,4-7H2,1-3H3,(H,24,25,26). The van der Waals surface area contributed by atoms with Gasteiger partial charge in [-0.2, -0.15) is 10.2 Å². The SMILES string of the molecule is COc1cc(Nc2ncc3cc(C#N)c(=O)n(C4CCCC4)c3n2)cc(OC)c1OC.